The summed E-state index contributed by atoms with van der Waals surface area (Å²) in [6, 6.07) is 4.98. The van der Waals surface area contributed by atoms with E-state index in [1.54, 1.807) is 10.8 Å². The Morgan fingerprint density at radius 2 is 1.88 bits per heavy atom. The maximum absolute atomic E-state index is 9.82. The molecule has 0 fully saturated rings. The highest BCUT2D eigenvalue weighted by Gasteiger charge is 2.16. The Morgan fingerprint density at radius 1 is 1.19 bits per heavy atom. The molecule has 84 valence electrons. The van der Waals surface area contributed by atoms with Crippen molar-refractivity contribution < 1.29 is 5.11 Å². The van der Waals surface area contributed by atoms with Gasteiger partial charge in [-0.1, -0.05) is 34.8 Å². The number of rotatable bonds is 1. The minimum atomic E-state index is -0.0312. The Labute approximate surface area is 115 Å². The third-order valence-corrected chi connectivity index (χ3v) is 3.95. The second kappa shape index (κ2) is 4.49. The van der Waals surface area contributed by atoms with Gasteiger partial charge in [-0.25, -0.2) is 0 Å². The van der Waals surface area contributed by atoms with E-state index in [0.717, 1.165) is 4.60 Å². The Kier molecular flexibility index (Phi) is 3.40. The van der Waals surface area contributed by atoms with Crippen molar-refractivity contribution in [2.75, 3.05) is 0 Å². The van der Waals surface area contributed by atoms with Gasteiger partial charge >= 0.3 is 0 Å². The Bertz CT molecular complexity index is 553. The lowest BCUT2D eigenvalue weighted by Gasteiger charge is -2.12. The molecule has 1 N–H and O–H groups in total. The molecule has 6 heteroatoms. The van der Waals surface area contributed by atoms with E-state index in [9.17, 15) is 5.11 Å². The number of phenolic OH excluding ortho intramolecular Hbond substituents is 1. The van der Waals surface area contributed by atoms with Crippen molar-refractivity contribution in [2.45, 2.75) is 0 Å². The second-order valence-corrected chi connectivity index (χ2v) is 5.03. The van der Waals surface area contributed by atoms with Crippen molar-refractivity contribution in [3.05, 3.63) is 44.1 Å². The van der Waals surface area contributed by atoms with E-state index in [-0.39, 0.29) is 20.8 Å². The van der Waals surface area contributed by atoms with Gasteiger partial charge in [-0.3, -0.25) is 0 Å². The van der Waals surface area contributed by atoms with E-state index < -0.39 is 0 Å². The number of aromatic hydroxyl groups is 1. The summed E-state index contributed by atoms with van der Waals surface area (Å²) < 4.78 is 2.42. The minimum absolute atomic E-state index is 0.0312. The molecule has 16 heavy (non-hydrogen) atoms. The van der Waals surface area contributed by atoms with Crippen LogP contribution in [-0.2, 0) is 0 Å². The van der Waals surface area contributed by atoms with Crippen LogP contribution in [0.1, 0.15) is 0 Å². The molecule has 0 saturated carbocycles. The highest BCUT2D eigenvalue weighted by Crippen LogP contribution is 2.41. The number of benzene rings is 1. The van der Waals surface area contributed by atoms with Crippen molar-refractivity contribution in [1.82, 2.24) is 4.57 Å². The first-order valence-electron chi connectivity index (χ1n) is 4.22. The lowest BCUT2D eigenvalue weighted by atomic mass is 10.3. The van der Waals surface area contributed by atoms with E-state index in [1.807, 2.05) is 12.1 Å². The van der Waals surface area contributed by atoms with Gasteiger partial charge in [0.1, 0.15) is 11.4 Å². The van der Waals surface area contributed by atoms with E-state index >= 15 is 0 Å². The molecule has 0 bridgehead atoms. The fourth-order valence-corrected chi connectivity index (χ4v) is 2.47. The molecule has 1 aromatic heterocycles. The quantitative estimate of drug-likeness (QED) is 0.733. The monoisotopic (exact) mass is 339 g/mol. The predicted octanol–water partition coefficient (Wildman–Crippen LogP) is 4.91. The van der Waals surface area contributed by atoms with Gasteiger partial charge in [0.25, 0.3) is 0 Å². The number of hydrogen-bond donors (Lipinski definition) is 1. The number of phenols is 1. The van der Waals surface area contributed by atoms with Gasteiger partial charge in [0.15, 0.2) is 0 Å². The summed E-state index contributed by atoms with van der Waals surface area (Å²) in [5, 5.41) is 10.5. The van der Waals surface area contributed by atoms with Gasteiger partial charge in [0, 0.05) is 12.3 Å². The molecule has 2 nitrogen and oxygen atoms in total. The van der Waals surface area contributed by atoms with E-state index in [2.05, 4.69) is 15.9 Å². The summed E-state index contributed by atoms with van der Waals surface area (Å²) in [6.07, 6.45) is 1.75. The molecular weight excluding hydrogens is 336 g/mol. The third-order valence-electron chi connectivity index (χ3n) is 2.06. The van der Waals surface area contributed by atoms with Crippen LogP contribution < -0.4 is 0 Å². The first-order chi connectivity index (χ1) is 7.52. The van der Waals surface area contributed by atoms with Crippen molar-refractivity contribution in [3.63, 3.8) is 0 Å². The highest BCUT2D eigenvalue weighted by atomic mass is 79.9. The lowest BCUT2D eigenvalue weighted by molar-refractivity contribution is 0.472. The molecule has 0 amide bonds. The molecule has 0 aliphatic rings. The average Bonchev–Trinajstić information content (AvgIpc) is 2.62. The second-order valence-electron chi connectivity index (χ2n) is 3.06. The van der Waals surface area contributed by atoms with Gasteiger partial charge in [-0.05, 0) is 28.1 Å². The van der Waals surface area contributed by atoms with Crippen molar-refractivity contribution in [1.29, 1.82) is 0 Å². The molecule has 0 radical (unpaired) electrons. The summed E-state index contributed by atoms with van der Waals surface area (Å²) in [7, 11) is 0. The normalized spacial score (nSPS) is 10.8. The average molecular weight is 341 g/mol. The molecule has 1 heterocycles. The molecular formula is C10H5BrCl3NO. The molecule has 0 unspecified atom stereocenters. The van der Waals surface area contributed by atoms with Gasteiger partial charge < -0.3 is 9.67 Å². The van der Waals surface area contributed by atoms with Gasteiger partial charge in [0.2, 0.25) is 0 Å². The summed E-state index contributed by atoms with van der Waals surface area (Å²) in [4.78, 5) is 0. The number of hydrogen-bond acceptors (Lipinski definition) is 1. The van der Waals surface area contributed by atoms with Crippen LogP contribution in [-0.4, -0.2) is 9.67 Å². The first kappa shape index (κ1) is 12.1. The van der Waals surface area contributed by atoms with Crippen LogP contribution in [0.25, 0.3) is 5.69 Å². The van der Waals surface area contributed by atoms with Crippen LogP contribution >= 0.6 is 50.7 Å². The summed E-state index contributed by atoms with van der Waals surface area (Å²) >= 11 is 21.1. The minimum Gasteiger partial charge on any atom is -0.506 e. The maximum atomic E-state index is 9.82. The Hall–Kier alpha value is -0.350. The van der Waals surface area contributed by atoms with Crippen LogP contribution in [0.3, 0.4) is 0 Å². The molecule has 2 rings (SSSR count). The zero-order valence-corrected chi connectivity index (χ0v) is 11.6. The zero-order valence-electron chi connectivity index (χ0n) is 7.72. The highest BCUT2D eigenvalue weighted by molar-refractivity contribution is 9.10. The first-order valence-corrected chi connectivity index (χ1v) is 6.14. The number of nitrogens with zero attached hydrogens (tertiary/aromatic N) is 1. The number of halogens is 4. The fourth-order valence-electron chi connectivity index (χ4n) is 1.34. The summed E-state index contributed by atoms with van der Waals surface area (Å²) in [6.45, 7) is 0. The van der Waals surface area contributed by atoms with Gasteiger partial charge in [-0.15, -0.1) is 0 Å². The summed E-state index contributed by atoms with van der Waals surface area (Å²) in [5.41, 5.74) is 0.396. The number of aromatic nitrogens is 1. The van der Waals surface area contributed by atoms with Gasteiger partial charge in [0.05, 0.1) is 19.7 Å². The molecule has 2 aromatic rings. The zero-order chi connectivity index (χ0) is 11.9. The standard InChI is InChI=1S/C10H5BrCl3NO/c11-7-2-1-3-15(7)10-6(16)4-5(12)8(13)9(10)14/h1-4,16H. The molecule has 1 aromatic carbocycles. The van der Waals surface area contributed by atoms with Gasteiger partial charge in [-0.2, -0.15) is 0 Å². The van der Waals surface area contributed by atoms with Crippen LogP contribution in [0.15, 0.2) is 29.0 Å². The van der Waals surface area contributed by atoms with Crippen LogP contribution in [0, 0.1) is 0 Å². The molecule has 0 aliphatic carbocycles. The summed E-state index contributed by atoms with van der Waals surface area (Å²) in [5.74, 6) is -0.0312. The molecule has 0 spiro atoms. The van der Waals surface area contributed by atoms with Crippen LogP contribution in [0.5, 0.6) is 5.75 Å². The van der Waals surface area contributed by atoms with Crippen molar-refractivity contribution in [2.24, 2.45) is 0 Å². The van der Waals surface area contributed by atoms with Crippen LogP contribution in [0.2, 0.25) is 15.1 Å². The molecule has 0 aliphatic heterocycles. The topological polar surface area (TPSA) is 25.2 Å². The smallest absolute Gasteiger partial charge is 0.142 e. The SMILES string of the molecule is Oc1cc(Cl)c(Cl)c(Cl)c1-n1cccc1Br. The van der Waals surface area contributed by atoms with E-state index in [4.69, 9.17) is 34.8 Å². The lowest BCUT2D eigenvalue weighted by Crippen LogP contribution is -1.95. The molecule has 0 saturated heterocycles. The molecule has 0 atom stereocenters. The van der Waals surface area contributed by atoms with E-state index in [0.29, 0.717) is 5.69 Å². The van der Waals surface area contributed by atoms with Crippen LogP contribution in [0.4, 0.5) is 0 Å². The third kappa shape index (κ3) is 1.93. The Balaban J connectivity index is 2.76. The Morgan fingerprint density at radius 3 is 2.44 bits per heavy atom. The maximum Gasteiger partial charge on any atom is 0.142 e. The van der Waals surface area contributed by atoms with E-state index in [1.165, 1.54) is 6.07 Å². The van der Waals surface area contributed by atoms with Crippen molar-refractivity contribution in [3.8, 4) is 11.4 Å². The fraction of sp³-hybridized carbons (Fsp3) is 0. The largest absolute Gasteiger partial charge is 0.506 e. The van der Waals surface area contributed by atoms with Crippen molar-refractivity contribution >= 4 is 50.7 Å². The predicted molar refractivity (Wildman–Crippen MR) is 70.2 cm³/mol.